The number of methoxy groups -OCH3 is 1. The largest absolute Gasteiger partial charge is 0.497 e. The molecule has 0 radical (unpaired) electrons. The van der Waals surface area contributed by atoms with Crippen molar-refractivity contribution in [3.63, 3.8) is 0 Å². The Balaban J connectivity index is 1.25. The van der Waals surface area contributed by atoms with Crippen LogP contribution in [0.2, 0.25) is 0 Å². The highest BCUT2D eigenvalue weighted by molar-refractivity contribution is 5.88. The van der Waals surface area contributed by atoms with Crippen LogP contribution in [0.5, 0.6) is 11.5 Å². The van der Waals surface area contributed by atoms with E-state index < -0.39 is 6.04 Å². The number of H-pyrrole nitrogens is 1. The third-order valence-corrected chi connectivity index (χ3v) is 7.55. The Hall–Kier alpha value is -4.98. The molecule has 1 aliphatic rings. The average Bonchev–Trinajstić information content (AvgIpc) is 3.64. The SMILES string of the molecule is COc1ccc2[nH]c3c(c2c1)CCN(C(=O)Cc1ccc(OCc2ccccc2)cc1)C3c1ccc(COC(C)=O)o1. The van der Waals surface area contributed by atoms with Crippen molar-refractivity contribution in [3.05, 3.63) is 119 Å². The lowest BCUT2D eigenvalue weighted by Crippen LogP contribution is -2.41. The quantitative estimate of drug-likeness (QED) is 0.217. The van der Waals surface area contributed by atoms with Gasteiger partial charge in [-0.15, -0.1) is 0 Å². The number of esters is 1. The molecule has 0 saturated carbocycles. The van der Waals surface area contributed by atoms with E-state index in [0.29, 0.717) is 31.1 Å². The summed E-state index contributed by atoms with van der Waals surface area (Å²) in [5, 5.41) is 1.07. The highest BCUT2D eigenvalue weighted by Gasteiger charge is 2.36. The Morgan fingerprint density at radius 1 is 0.929 bits per heavy atom. The molecule has 5 aromatic rings. The first kappa shape index (κ1) is 27.2. The topological polar surface area (TPSA) is 94.0 Å². The van der Waals surface area contributed by atoms with Crippen LogP contribution in [0.1, 0.15) is 46.9 Å². The fraction of sp³-hybridized carbons (Fsp3) is 0.235. The normalized spacial score (nSPS) is 14.4. The van der Waals surface area contributed by atoms with Crippen molar-refractivity contribution in [3.8, 4) is 11.5 Å². The molecule has 214 valence electrons. The predicted octanol–water partition coefficient (Wildman–Crippen LogP) is 6.13. The zero-order valence-corrected chi connectivity index (χ0v) is 23.6. The fourth-order valence-electron chi connectivity index (χ4n) is 5.47. The van der Waals surface area contributed by atoms with Crippen LogP contribution >= 0.6 is 0 Å². The van der Waals surface area contributed by atoms with Gasteiger partial charge in [-0.25, -0.2) is 0 Å². The van der Waals surface area contributed by atoms with Crippen LogP contribution in [0.4, 0.5) is 0 Å². The number of amides is 1. The molecular formula is C34H32N2O6. The molecule has 1 aliphatic heterocycles. The van der Waals surface area contributed by atoms with E-state index in [2.05, 4.69) is 4.98 Å². The van der Waals surface area contributed by atoms with Crippen molar-refractivity contribution in [2.45, 2.75) is 39.0 Å². The van der Waals surface area contributed by atoms with E-state index in [-0.39, 0.29) is 24.9 Å². The second-order valence-electron chi connectivity index (χ2n) is 10.3. The molecule has 0 bridgehead atoms. The second kappa shape index (κ2) is 11.9. The summed E-state index contributed by atoms with van der Waals surface area (Å²) in [6.07, 6.45) is 0.928. The number of hydrogen-bond donors (Lipinski definition) is 1. The standard InChI is InChI=1S/C34H32N2O6/c1-22(37)40-21-27-13-15-31(42-27)34-33-28(29-19-26(39-2)12-14-30(29)35-33)16-17-36(34)32(38)18-23-8-10-25(11-9-23)41-20-24-6-4-3-5-7-24/h3-15,19,34-35H,16-18,20-21H2,1-2H3. The van der Waals surface area contributed by atoms with Gasteiger partial charge in [-0.05, 0) is 65.6 Å². The Morgan fingerprint density at radius 2 is 1.71 bits per heavy atom. The van der Waals surface area contributed by atoms with Crippen molar-refractivity contribution >= 4 is 22.8 Å². The van der Waals surface area contributed by atoms with Crippen molar-refractivity contribution in [2.24, 2.45) is 0 Å². The maximum atomic E-state index is 13.8. The van der Waals surface area contributed by atoms with Crippen LogP contribution in [0.25, 0.3) is 10.9 Å². The van der Waals surface area contributed by atoms with Gasteiger partial charge in [-0.2, -0.15) is 0 Å². The Morgan fingerprint density at radius 3 is 2.48 bits per heavy atom. The van der Waals surface area contributed by atoms with Gasteiger partial charge in [-0.3, -0.25) is 9.59 Å². The van der Waals surface area contributed by atoms with Gasteiger partial charge in [0.05, 0.1) is 19.2 Å². The van der Waals surface area contributed by atoms with Gasteiger partial charge in [0, 0.05) is 24.4 Å². The molecule has 3 aromatic carbocycles. The Labute approximate surface area is 243 Å². The molecule has 0 aliphatic carbocycles. The maximum Gasteiger partial charge on any atom is 0.303 e. The molecule has 0 saturated heterocycles. The highest BCUT2D eigenvalue weighted by atomic mass is 16.5. The molecular weight excluding hydrogens is 532 g/mol. The minimum atomic E-state index is -0.459. The number of ether oxygens (including phenoxy) is 3. The Bertz CT molecular complexity index is 1700. The van der Waals surface area contributed by atoms with Crippen LogP contribution in [0.3, 0.4) is 0 Å². The smallest absolute Gasteiger partial charge is 0.303 e. The zero-order chi connectivity index (χ0) is 29.1. The second-order valence-corrected chi connectivity index (χ2v) is 10.3. The van der Waals surface area contributed by atoms with E-state index in [1.165, 1.54) is 6.92 Å². The van der Waals surface area contributed by atoms with E-state index >= 15 is 0 Å². The number of aromatic amines is 1. The van der Waals surface area contributed by atoms with Crippen molar-refractivity contribution in [1.29, 1.82) is 0 Å². The van der Waals surface area contributed by atoms with Crippen LogP contribution in [0.15, 0.2) is 89.3 Å². The van der Waals surface area contributed by atoms with Gasteiger partial charge >= 0.3 is 5.97 Å². The molecule has 0 spiro atoms. The predicted molar refractivity (Wildman–Crippen MR) is 157 cm³/mol. The third kappa shape index (κ3) is 5.74. The summed E-state index contributed by atoms with van der Waals surface area (Å²) >= 11 is 0. The van der Waals surface area contributed by atoms with Gasteiger partial charge in [-0.1, -0.05) is 42.5 Å². The van der Waals surface area contributed by atoms with Crippen molar-refractivity contribution in [2.75, 3.05) is 13.7 Å². The van der Waals surface area contributed by atoms with Crippen LogP contribution < -0.4 is 9.47 Å². The number of furan rings is 1. The van der Waals surface area contributed by atoms with Gasteiger partial charge in [0.1, 0.15) is 42.3 Å². The first-order valence-corrected chi connectivity index (χ1v) is 13.9. The van der Waals surface area contributed by atoms with Gasteiger partial charge in [0.25, 0.3) is 0 Å². The minimum absolute atomic E-state index is 0.0159. The van der Waals surface area contributed by atoms with E-state index in [0.717, 1.165) is 44.8 Å². The first-order valence-electron chi connectivity index (χ1n) is 13.9. The van der Waals surface area contributed by atoms with E-state index in [1.807, 2.05) is 83.8 Å². The molecule has 1 N–H and O–H groups in total. The van der Waals surface area contributed by atoms with Gasteiger partial charge in [0.15, 0.2) is 0 Å². The fourth-order valence-corrected chi connectivity index (χ4v) is 5.47. The summed E-state index contributed by atoms with van der Waals surface area (Å²) in [5.74, 6) is 2.25. The number of carbonyl (C=O) groups is 2. The number of benzene rings is 3. The molecule has 0 fully saturated rings. The molecule has 3 heterocycles. The van der Waals surface area contributed by atoms with Crippen molar-refractivity contribution in [1.82, 2.24) is 9.88 Å². The summed E-state index contributed by atoms with van der Waals surface area (Å²) in [6.45, 7) is 2.40. The van der Waals surface area contributed by atoms with Crippen LogP contribution in [-0.2, 0) is 40.4 Å². The number of fused-ring (bicyclic) bond motifs is 3. The van der Waals surface area contributed by atoms with Crippen LogP contribution in [0, 0.1) is 0 Å². The van der Waals surface area contributed by atoms with Crippen molar-refractivity contribution < 1.29 is 28.2 Å². The summed E-state index contributed by atoms with van der Waals surface area (Å²) in [7, 11) is 1.65. The number of rotatable bonds is 9. The lowest BCUT2D eigenvalue weighted by atomic mass is 9.95. The summed E-state index contributed by atoms with van der Waals surface area (Å²) in [4.78, 5) is 30.6. The van der Waals surface area contributed by atoms with Crippen LogP contribution in [-0.4, -0.2) is 35.4 Å². The first-order chi connectivity index (χ1) is 20.5. The Kier molecular flexibility index (Phi) is 7.68. The molecule has 8 nitrogen and oxygen atoms in total. The number of aromatic nitrogens is 1. The number of hydrogen-bond acceptors (Lipinski definition) is 6. The summed E-state index contributed by atoms with van der Waals surface area (Å²) in [6, 6.07) is 26.8. The lowest BCUT2D eigenvalue weighted by molar-refractivity contribution is -0.142. The molecule has 1 amide bonds. The average molecular weight is 565 g/mol. The molecule has 8 heteroatoms. The number of nitrogens with zero attached hydrogens (tertiary/aromatic N) is 1. The molecule has 1 unspecified atom stereocenters. The number of carbonyl (C=O) groups excluding carboxylic acids is 2. The van der Waals surface area contributed by atoms with E-state index in [4.69, 9.17) is 18.6 Å². The summed E-state index contributed by atoms with van der Waals surface area (Å²) < 4.78 is 22.7. The van der Waals surface area contributed by atoms with E-state index in [1.54, 1.807) is 13.2 Å². The van der Waals surface area contributed by atoms with Gasteiger partial charge < -0.3 is 28.5 Å². The summed E-state index contributed by atoms with van der Waals surface area (Å²) in [5.41, 5.74) is 5.01. The molecule has 2 aromatic heterocycles. The monoisotopic (exact) mass is 564 g/mol. The van der Waals surface area contributed by atoms with E-state index in [9.17, 15) is 9.59 Å². The zero-order valence-electron chi connectivity index (χ0n) is 23.6. The highest BCUT2D eigenvalue weighted by Crippen LogP contribution is 2.40. The molecule has 6 rings (SSSR count). The van der Waals surface area contributed by atoms with Gasteiger partial charge in [0.2, 0.25) is 5.91 Å². The third-order valence-electron chi connectivity index (χ3n) is 7.55. The maximum absolute atomic E-state index is 13.8. The molecule has 1 atom stereocenters. The molecule has 42 heavy (non-hydrogen) atoms. The lowest BCUT2D eigenvalue weighted by Gasteiger charge is -2.35. The minimum Gasteiger partial charge on any atom is -0.497 e. The number of nitrogens with one attached hydrogen (secondary N) is 1.